The predicted molar refractivity (Wildman–Crippen MR) is 105 cm³/mol. The highest BCUT2D eigenvalue weighted by Gasteiger charge is 2.11. The minimum absolute atomic E-state index is 0.101. The van der Waals surface area contributed by atoms with Crippen LogP contribution < -0.4 is 5.32 Å². The van der Waals surface area contributed by atoms with Crippen molar-refractivity contribution in [3.05, 3.63) is 88.2 Å². The van der Waals surface area contributed by atoms with Crippen molar-refractivity contribution < 1.29 is 5.11 Å². The summed E-state index contributed by atoms with van der Waals surface area (Å²) in [6.07, 6.45) is 0.974. The molecule has 3 rings (SSSR count). The number of nitrogens with zero attached hydrogens (tertiary/aromatic N) is 2. The highest BCUT2D eigenvalue weighted by Crippen LogP contribution is 2.15. The van der Waals surface area contributed by atoms with Crippen molar-refractivity contribution in [3.63, 3.8) is 0 Å². The lowest BCUT2D eigenvalue weighted by Crippen LogP contribution is -2.17. The van der Waals surface area contributed by atoms with Gasteiger partial charge in [-0.1, -0.05) is 54.6 Å². The van der Waals surface area contributed by atoms with Crippen molar-refractivity contribution in [2.45, 2.75) is 40.0 Å². The SMILES string of the molecule is Cc1nn(Cc2ccccc2)c(C)c1CNCCc1ccc(CO)cc1. The highest BCUT2D eigenvalue weighted by molar-refractivity contribution is 5.26. The third-order valence-electron chi connectivity index (χ3n) is 4.80. The smallest absolute Gasteiger partial charge is 0.0681 e. The summed E-state index contributed by atoms with van der Waals surface area (Å²) >= 11 is 0. The molecule has 0 bridgehead atoms. The molecule has 0 saturated carbocycles. The predicted octanol–water partition coefficient (Wildman–Crippen LogP) is 3.37. The first-order valence-corrected chi connectivity index (χ1v) is 9.13. The molecule has 4 nitrogen and oxygen atoms in total. The Balaban J connectivity index is 1.54. The Morgan fingerprint density at radius 3 is 2.31 bits per heavy atom. The van der Waals surface area contributed by atoms with Crippen LogP contribution in [0.15, 0.2) is 54.6 Å². The third kappa shape index (κ3) is 4.59. The number of nitrogens with one attached hydrogen (secondary N) is 1. The quantitative estimate of drug-likeness (QED) is 0.613. The Bertz CT molecular complexity index is 823. The first-order valence-electron chi connectivity index (χ1n) is 9.13. The number of aromatic nitrogens is 2. The molecule has 0 aliphatic rings. The van der Waals surface area contributed by atoms with Crippen molar-refractivity contribution in [1.29, 1.82) is 0 Å². The van der Waals surface area contributed by atoms with E-state index in [0.717, 1.165) is 37.3 Å². The van der Waals surface area contributed by atoms with E-state index in [9.17, 15) is 0 Å². The Hall–Kier alpha value is -2.43. The van der Waals surface area contributed by atoms with Crippen LogP contribution in [0.4, 0.5) is 0 Å². The van der Waals surface area contributed by atoms with Crippen molar-refractivity contribution in [1.82, 2.24) is 15.1 Å². The van der Waals surface area contributed by atoms with Crippen LogP contribution in [-0.4, -0.2) is 21.4 Å². The summed E-state index contributed by atoms with van der Waals surface area (Å²) in [4.78, 5) is 0. The topological polar surface area (TPSA) is 50.1 Å². The van der Waals surface area contributed by atoms with Crippen LogP contribution in [0.5, 0.6) is 0 Å². The first kappa shape index (κ1) is 18.4. The number of benzene rings is 2. The standard InChI is InChI=1S/C22H27N3O/c1-17-22(14-23-13-12-19-8-10-21(16-26)11-9-19)18(2)25(24-17)15-20-6-4-3-5-7-20/h3-11,23,26H,12-16H2,1-2H3. The minimum Gasteiger partial charge on any atom is -0.392 e. The molecule has 0 atom stereocenters. The molecule has 1 aromatic heterocycles. The van der Waals surface area contributed by atoms with E-state index in [4.69, 9.17) is 10.2 Å². The lowest BCUT2D eigenvalue weighted by molar-refractivity contribution is 0.282. The lowest BCUT2D eigenvalue weighted by Gasteiger charge is -2.08. The zero-order chi connectivity index (χ0) is 18.4. The highest BCUT2D eigenvalue weighted by atomic mass is 16.3. The molecule has 26 heavy (non-hydrogen) atoms. The second-order valence-corrected chi connectivity index (χ2v) is 6.69. The zero-order valence-corrected chi connectivity index (χ0v) is 15.6. The van der Waals surface area contributed by atoms with E-state index in [2.05, 4.69) is 60.2 Å². The molecule has 0 fully saturated rings. The van der Waals surface area contributed by atoms with Gasteiger partial charge in [0.25, 0.3) is 0 Å². The second-order valence-electron chi connectivity index (χ2n) is 6.69. The molecule has 0 saturated heterocycles. The summed E-state index contributed by atoms with van der Waals surface area (Å²) in [5.74, 6) is 0. The number of hydrogen-bond acceptors (Lipinski definition) is 3. The molecule has 0 spiro atoms. The van der Waals surface area contributed by atoms with Gasteiger partial charge >= 0.3 is 0 Å². The maximum Gasteiger partial charge on any atom is 0.0681 e. The maximum absolute atomic E-state index is 9.10. The van der Waals surface area contributed by atoms with E-state index < -0.39 is 0 Å². The molecule has 0 amide bonds. The van der Waals surface area contributed by atoms with E-state index >= 15 is 0 Å². The summed E-state index contributed by atoms with van der Waals surface area (Å²) in [5.41, 5.74) is 7.12. The molecular formula is C22H27N3O. The van der Waals surface area contributed by atoms with Gasteiger partial charge in [0.05, 0.1) is 18.8 Å². The average Bonchev–Trinajstić information content (AvgIpc) is 2.93. The van der Waals surface area contributed by atoms with Crippen molar-refractivity contribution >= 4 is 0 Å². The Morgan fingerprint density at radius 1 is 0.923 bits per heavy atom. The van der Waals surface area contributed by atoms with Crippen LogP contribution in [0, 0.1) is 13.8 Å². The van der Waals surface area contributed by atoms with Crippen LogP contribution >= 0.6 is 0 Å². The monoisotopic (exact) mass is 349 g/mol. The van der Waals surface area contributed by atoms with Gasteiger partial charge in [-0.05, 0) is 43.5 Å². The fraction of sp³-hybridized carbons (Fsp3) is 0.318. The lowest BCUT2D eigenvalue weighted by atomic mass is 10.1. The number of rotatable bonds is 8. The van der Waals surface area contributed by atoms with Gasteiger partial charge in [0.2, 0.25) is 0 Å². The van der Waals surface area contributed by atoms with Gasteiger partial charge in [-0.25, -0.2) is 0 Å². The molecule has 1 heterocycles. The Kier molecular flexibility index (Phi) is 6.21. The molecule has 2 aromatic carbocycles. The van der Waals surface area contributed by atoms with Crippen LogP contribution in [0.25, 0.3) is 0 Å². The van der Waals surface area contributed by atoms with Crippen molar-refractivity contribution in [2.75, 3.05) is 6.54 Å². The van der Waals surface area contributed by atoms with Crippen LogP contribution in [0.2, 0.25) is 0 Å². The van der Waals surface area contributed by atoms with Gasteiger partial charge in [-0.3, -0.25) is 4.68 Å². The fourth-order valence-electron chi connectivity index (χ4n) is 3.16. The van der Waals surface area contributed by atoms with Gasteiger partial charge in [0, 0.05) is 17.8 Å². The molecule has 0 aliphatic heterocycles. The van der Waals surface area contributed by atoms with Crippen molar-refractivity contribution in [3.8, 4) is 0 Å². The molecule has 136 valence electrons. The normalized spacial score (nSPS) is 11.0. The number of aryl methyl sites for hydroxylation is 1. The third-order valence-corrected chi connectivity index (χ3v) is 4.80. The van der Waals surface area contributed by atoms with Gasteiger partial charge in [-0.2, -0.15) is 5.10 Å². The molecule has 0 unspecified atom stereocenters. The minimum atomic E-state index is 0.101. The largest absolute Gasteiger partial charge is 0.392 e. The zero-order valence-electron chi connectivity index (χ0n) is 15.6. The molecule has 0 radical (unpaired) electrons. The van der Waals surface area contributed by atoms with E-state index in [1.807, 2.05) is 18.2 Å². The summed E-state index contributed by atoms with van der Waals surface area (Å²) in [6.45, 7) is 6.89. The molecule has 0 aliphatic carbocycles. The molecule has 4 heteroatoms. The fourth-order valence-corrected chi connectivity index (χ4v) is 3.16. The maximum atomic E-state index is 9.10. The van der Waals surface area contributed by atoms with Gasteiger partial charge in [0.1, 0.15) is 0 Å². The van der Waals surface area contributed by atoms with Crippen molar-refractivity contribution in [2.24, 2.45) is 0 Å². The second kappa shape index (κ2) is 8.79. The number of hydrogen-bond donors (Lipinski definition) is 2. The summed E-state index contributed by atoms with van der Waals surface area (Å²) < 4.78 is 2.09. The number of aliphatic hydroxyl groups is 1. The van der Waals surface area contributed by atoms with E-state index in [-0.39, 0.29) is 6.61 Å². The summed E-state index contributed by atoms with van der Waals surface area (Å²) in [5, 5.41) is 17.3. The molecular weight excluding hydrogens is 322 g/mol. The van der Waals surface area contributed by atoms with Gasteiger partial charge in [-0.15, -0.1) is 0 Å². The van der Waals surface area contributed by atoms with Crippen LogP contribution in [-0.2, 0) is 26.1 Å². The summed E-state index contributed by atoms with van der Waals surface area (Å²) in [6, 6.07) is 18.6. The van der Waals surface area contributed by atoms with Gasteiger partial charge in [0.15, 0.2) is 0 Å². The Labute approximate surface area is 155 Å². The molecule has 3 aromatic rings. The van der Waals surface area contributed by atoms with Crippen LogP contribution in [0.3, 0.4) is 0 Å². The van der Waals surface area contributed by atoms with Crippen LogP contribution in [0.1, 0.15) is 33.6 Å². The van der Waals surface area contributed by atoms with Gasteiger partial charge < -0.3 is 10.4 Å². The van der Waals surface area contributed by atoms with E-state index in [1.54, 1.807) is 0 Å². The van der Waals surface area contributed by atoms with E-state index in [0.29, 0.717) is 0 Å². The van der Waals surface area contributed by atoms with E-state index in [1.165, 1.54) is 22.4 Å². The molecule has 2 N–H and O–H groups in total. The number of aliphatic hydroxyl groups excluding tert-OH is 1. The summed E-state index contributed by atoms with van der Waals surface area (Å²) in [7, 11) is 0. The Morgan fingerprint density at radius 2 is 1.62 bits per heavy atom. The first-order chi connectivity index (χ1) is 12.7. The average molecular weight is 349 g/mol.